The Labute approximate surface area is 110 Å². The van der Waals surface area contributed by atoms with Crippen LogP contribution >= 0.6 is 23.4 Å². The topological polar surface area (TPSA) is 35.2 Å². The highest BCUT2D eigenvalue weighted by atomic mass is 35.5. The first-order valence-corrected chi connectivity index (χ1v) is 6.26. The lowest BCUT2D eigenvalue weighted by atomic mass is 10.3. The third-order valence-electron chi connectivity index (χ3n) is 2.27. The highest BCUT2D eigenvalue weighted by Gasteiger charge is 2.05. The van der Waals surface area contributed by atoms with E-state index in [1.54, 1.807) is 18.9 Å². The average Bonchev–Trinajstić information content (AvgIpc) is 2.34. The predicted octanol–water partition coefficient (Wildman–Crippen LogP) is 4.08. The van der Waals surface area contributed by atoms with Crippen molar-refractivity contribution in [1.29, 1.82) is 0 Å². The van der Waals surface area contributed by atoms with Gasteiger partial charge in [0.25, 0.3) is 0 Å². The predicted molar refractivity (Wildman–Crippen MR) is 73.0 cm³/mol. The number of hydrogen-bond acceptors (Lipinski definition) is 3. The van der Waals surface area contributed by atoms with E-state index in [2.05, 4.69) is 0 Å². The number of halogens is 1. The van der Waals surface area contributed by atoms with Crippen molar-refractivity contribution in [2.75, 3.05) is 12.8 Å². The molecular weight excluding hydrogens is 254 g/mol. The van der Waals surface area contributed by atoms with Crippen molar-refractivity contribution in [2.45, 2.75) is 9.79 Å². The monoisotopic (exact) mass is 265 g/mol. The number of nitrogens with two attached hydrogens (primary N) is 1. The van der Waals surface area contributed by atoms with Crippen LogP contribution < -0.4 is 10.5 Å². The fraction of sp³-hybridized carbons (Fsp3) is 0.0769. The van der Waals surface area contributed by atoms with Crippen molar-refractivity contribution in [1.82, 2.24) is 0 Å². The van der Waals surface area contributed by atoms with Gasteiger partial charge in [-0.05, 0) is 30.3 Å². The van der Waals surface area contributed by atoms with E-state index in [-0.39, 0.29) is 0 Å². The first-order chi connectivity index (χ1) is 8.20. The molecule has 0 saturated heterocycles. The number of benzene rings is 2. The number of rotatable bonds is 3. The molecule has 2 aromatic rings. The van der Waals surface area contributed by atoms with E-state index in [1.165, 1.54) is 0 Å². The maximum Gasteiger partial charge on any atom is 0.142 e. The van der Waals surface area contributed by atoms with Gasteiger partial charge in [-0.2, -0.15) is 0 Å². The second-order valence-corrected chi connectivity index (χ2v) is 4.96. The van der Waals surface area contributed by atoms with Crippen LogP contribution in [0.5, 0.6) is 5.75 Å². The first-order valence-electron chi connectivity index (χ1n) is 5.06. The lowest BCUT2D eigenvalue weighted by Crippen LogP contribution is -1.91. The summed E-state index contributed by atoms with van der Waals surface area (Å²) in [4.78, 5) is 2.06. The van der Waals surface area contributed by atoms with Crippen LogP contribution in [0.1, 0.15) is 0 Å². The standard InChI is InChI=1S/C13H12ClNOS/c1-16-12-8-9(6-7-11(12)15)17-13-5-3-2-4-10(13)14/h2-8H,15H2,1H3. The van der Waals surface area contributed by atoms with Crippen molar-refractivity contribution >= 4 is 29.1 Å². The summed E-state index contributed by atoms with van der Waals surface area (Å²) in [5.41, 5.74) is 6.40. The van der Waals surface area contributed by atoms with Gasteiger partial charge in [-0.1, -0.05) is 35.5 Å². The lowest BCUT2D eigenvalue weighted by molar-refractivity contribution is 0.416. The molecule has 2 N–H and O–H groups in total. The SMILES string of the molecule is COc1cc(Sc2ccccc2Cl)ccc1N. The largest absolute Gasteiger partial charge is 0.495 e. The summed E-state index contributed by atoms with van der Waals surface area (Å²) in [5.74, 6) is 0.682. The Hall–Kier alpha value is -1.32. The van der Waals surface area contributed by atoms with E-state index in [0.717, 1.165) is 14.8 Å². The molecule has 0 radical (unpaired) electrons. The average molecular weight is 266 g/mol. The maximum atomic E-state index is 6.10. The van der Waals surface area contributed by atoms with Crippen molar-refractivity contribution in [3.8, 4) is 5.75 Å². The normalized spacial score (nSPS) is 10.2. The van der Waals surface area contributed by atoms with Crippen LogP contribution in [-0.4, -0.2) is 7.11 Å². The van der Waals surface area contributed by atoms with Gasteiger partial charge in [0.15, 0.2) is 0 Å². The molecular formula is C13H12ClNOS. The Morgan fingerprint density at radius 1 is 1.18 bits per heavy atom. The van der Waals surface area contributed by atoms with Crippen molar-refractivity contribution in [3.63, 3.8) is 0 Å². The van der Waals surface area contributed by atoms with Crippen LogP contribution in [0.4, 0.5) is 5.69 Å². The summed E-state index contributed by atoms with van der Waals surface area (Å²) in [7, 11) is 1.61. The number of methoxy groups -OCH3 is 1. The maximum absolute atomic E-state index is 6.10. The molecule has 0 aliphatic rings. The van der Waals surface area contributed by atoms with Crippen LogP contribution in [0.15, 0.2) is 52.3 Å². The van der Waals surface area contributed by atoms with Gasteiger partial charge in [-0.25, -0.2) is 0 Å². The van der Waals surface area contributed by atoms with Crippen LogP contribution in [-0.2, 0) is 0 Å². The van der Waals surface area contributed by atoms with Crippen LogP contribution in [0.3, 0.4) is 0 Å². The van der Waals surface area contributed by atoms with Crippen LogP contribution in [0.2, 0.25) is 5.02 Å². The Bertz CT molecular complexity index is 531. The second kappa shape index (κ2) is 5.34. The molecule has 88 valence electrons. The number of anilines is 1. The molecule has 0 aromatic heterocycles. The number of ether oxygens (including phenoxy) is 1. The van der Waals surface area contributed by atoms with Crippen molar-refractivity contribution in [3.05, 3.63) is 47.5 Å². The van der Waals surface area contributed by atoms with Crippen LogP contribution in [0.25, 0.3) is 0 Å². The summed E-state index contributed by atoms with van der Waals surface area (Å²) in [6.07, 6.45) is 0. The smallest absolute Gasteiger partial charge is 0.142 e. The van der Waals surface area contributed by atoms with Gasteiger partial charge in [0, 0.05) is 9.79 Å². The highest BCUT2D eigenvalue weighted by molar-refractivity contribution is 7.99. The molecule has 2 nitrogen and oxygen atoms in total. The zero-order chi connectivity index (χ0) is 12.3. The summed E-state index contributed by atoms with van der Waals surface area (Å²) < 4.78 is 5.18. The Kier molecular flexibility index (Phi) is 3.82. The minimum Gasteiger partial charge on any atom is -0.495 e. The molecule has 0 heterocycles. The van der Waals surface area contributed by atoms with Gasteiger partial charge in [0.05, 0.1) is 17.8 Å². The Morgan fingerprint density at radius 2 is 1.94 bits per heavy atom. The molecule has 0 spiro atoms. The summed E-state index contributed by atoms with van der Waals surface area (Å²) >= 11 is 7.69. The second-order valence-electron chi connectivity index (χ2n) is 3.44. The fourth-order valence-electron chi connectivity index (χ4n) is 1.41. The highest BCUT2D eigenvalue weighted by Crippen LogP contribution is 2.36. The van der Waals surface area contributed by atoms with E-state index in [1.807, 2.05) is 42.5 Å². The van der Waals surface area contributed by atoms with Crippen molar-refractivity contribution < 1.29 is 4.74 Å². The molecule has 2 rings (SSSR count). The minimum atomic E-state index is 0.635. The number of nitrogen functional groups attached to an aromatic ring is 1. The van der Waals surface area contributed by atoms with E-state index < -0.39 is 0 Å². The molecule has 0 aliphatic carbocycles. The molecule has 2 aromatic carbocycles. The van der Waals surface area contributed by atoms with E-state index in [0.29, 0.717) is 11.4 Å². The van der Waals surface area contributed by atoms with E-state index >= 15 is 0 Å². The molecule has 0 bridgehead atoms. The molecule has 17 heavy (non-hydrogen) atoms. The zero-order valence-corrected chi connectivity index (χ0v) is 10.9. The van der Waals surface area contributed by atoms with Gasteiger partial charge < -0.3 is 10.5 Å². The molecule has 0 fully saturated rings. The first kappa shape index (κ1) is 12.1. The van der Waals surface area contributed by atoms with Crippen LogP contribution in [0, 0.1) is 0 Å². The molecule has 0 amide bonds. The third-order valence-corrected chi connectivity index (χ3v) is 3.78. The Balaban J connectivity index is 2.28. The zero-order valence-electron chi connectivity index (χ0n) is 9.31. The quantitative estimate of drug-likeness (QED) is 0.850. The molecule has 4 heteroatoms. The molecule has 0 aliphatic heterocycles. The number of hydrogen-bond donors (Lipinski definition) is 1. The molecule has 0 saturated carbocycles. The van der Waals surface area contributed by atoms with Gasteiger partial charge in [-0.15, -0.1) is 0 Å². The van der Waals surface area contributed by atoms with E-state index in [4.69, 9.17) is 22.1 Å². The van der Waals surface area contributed by atoms with Crippen molar-refractivity contribution in [2.24, 2.45) is 0 Å². The summed E-state index contributed by atoms with van der Waals surface area (Å²) in [6, 6.07) is 13.4. The minimum absolute atomic E-state index is 0.635. The van der Waals surface area contributed by atoms with E-state index in [9.17, 15) is 0 Å². The van der Waals surface area contributed by atoms with Gasteiger partial charge >= 0.3 is 0 Å². The Morgan fingerprint density at radius 3 is 2.65 bits per heavy atom. The van der Waals surface area contributed by atoms with Gasteiger partial charge in [0.2, 0.25) is 0 Å². The summed E-state index contributed by atoms with van der Waals surface area (Å²) in [5, 5.41) is 0.744. The molecule has 0 atom stereocenters. The fourth-order valence-corrected chi connectivity index (χ4v) is 2.53. The third kappa shape index (κ3) is 2.87. The molecule has 0 unspecified atom stereocenters. The van der Waals surface area contributed by atoms with Gasteiger partial charge in [-0.3, -0.25) is 0 Å². The van der Waals surface area contributed by atoms with Gasteiger partial charge in [0.1, 0.15) is 5.75 Å². The summed E-state index contributed by atoms with van der Waals surface area (Å²) in [6.45, 7) is 0. The lowest BCUT2D eigenvalue weighted by Gasteiger charge is -2.08.